The third kappa shape index (κ3) is 2.49. The Labute approximate surface area is 110 Å². The Hall–Kier alpha value is -2.18. The normalized spacial score (nSPS) is 18.6. The summed E-state index contributed by atoms with van der Waals surface area (Å²) in [7, 11) is 0. The monoisotopic (exact) mass is 264 g/mol. The first kappa shape index (κ1) is 13.3. The van der Waals surface area contributed by atoms with Crippen molar-refractivity contribution in [2.45, 2.75) is 26.8 Å². The van der Waals surface area contributed by atoms with Gasteiger partial charge in [0.25, 0.3) is 0 Å². The van der Waals surface area contributed by atoms with Crippen LogP contribution in [0.2, 0.25) is 0 Å². The summed E-state index contributed by atoms with van der Waals surface area (Å²) in [6.45, 7) is 3.96. The highest BCUT2D eigenvalue weighted by Crippen LogP contribution is 2.23. The van der Waals surface area contributed by atoms with Gasteiger partial charge in [0.15, 0.2) is 0 Å². The lowest BCUT2D eigenvalue weighted by molar-refractivity contribution is -0.149. The minimum Gasteiger partial charge on any atom is -0.337 e. The van der Waals surface area contributed by atoms with Crippen LogP contribution in [0.25, 0.3) is 0 Å². The summed E-state index contributed by atoms with van der Waals surface area (Å²) in [4.78, 5) is 40.3. The molecule has 0 atom stereocenters. The molecule has 0 radical (unpaired) electrons. The molecule has 0 aromatic carbocycles. The second-order valence-corrected chi connectivity index (χ2v) is 5.00. The van der Waals surface area contributed by atoms with Gasteiger partial charge in [0.05, 0.1) is 6.33 Å². The third-order valence-corrected chi connectivity index (χ3v) is 3.17. The highest BCUT2D eigenvalue weighted by Gasteiger charge is 2.46. The number of barbiturate groups is 1. The molecule has 1 N–H and O–H groups in total. The molecule has 2 heterocycles. The SMILES string of the molecule is CC1(C)C(=O)NC(=O)N(CCCn2ccnc2)C1=O. The van der Waals surface area contributed by atoms with Crippen LogP contribution in [0.1, 0.15) is 20.3 Å². The van der Waals surface area contributed by atoms with E-state index in [1.165, 1.54) is 13.8 Å². The number of aryl methyl sites for hydroxylation is 1. The van der Waals surface area contributed by atoms with Gasteiger partial charge in [-0.05, 0) is 20.3 Å². The molecule has 7 nitrogen and oxygen atoms in total. The van der Waals surface area contributed by atoms with E-state index in [0.717, 1.165) is 4.90 Å². The molecule has 1 aliphatic heterocycles. The fraction of sp³-hybridized carbons (Fsp3) is 0.500. The molecule has 0 unspecified atom stereocenters. The molecule has 1 aliphatic rings. The summed E-state index contributed by atoms with van der Waals surface area (Å²) in [6.07, 6.45) is 5.76. The molecule has 1 aromatic heterocycles. The summed E-state index contributed by atoms with van der Waals surface area (Å²) in [5.74, 6) is -1.000. The molecule has 1 aromatic rings. The number of carbonyl (C=O) groups excluding carboxylic acids is 3. The lowest BCUT2D eigenvalue weighted by atomic mass is 9.89. The van der Waals surface area contributed by atoms with Gasteiger partial charge in [-0.15, -0.1) is 0 Å². The van der Waals surface area contributed by atoms with E-state index in [9.17, 15) is 14.4 Å². The van der Waals surface area contributed by atoms with E-state index in [1.807, 2.05) is 10.8 Å². The summed E-state index contributed by atoms with van der Waals surface area (Å²) in [6, 6.07) is -0.639. The van der Waals surface area contributed by atoms with E-state index >= 15 is 0 Å². The van der Waals surface area contributed by atoms with Crippen LogP contribution in [0.15, 0.2) is 18.7 Å². The maximum Gasteiger partial charge on any atom is 0.330 e. The smallest absolute Gasteiger partial charge is 0.330 e. The van der Waals surface area contributed by atoms with Crippen LogP contribution in [0.5, 0.6) is 0 Å². The maximum absolute atomic E-state index is 12.1. The van der Waals surface area contributed by atoms with Crippen LogP contribution in [0.3, 0.4) is 0 Å². The Balaban J connectivity index is 1.97. The molecule has 7 heteroatoms. The third-order valence-electron chi connectivity index (χ3n) is 3.17. The Morgan fingerprint density at radius 2 is 2.00 bits per heavy atom. The van der Waals surface area contributed by atoms with E-state index < -0.39 is 23.3 Å². The van der Waals surface area contributed by atoms with Crippen LogP contribution in [0, 0.1) is 5.41 Å². The van der Waals surface area contributed by atoms with Crippen molar-refractivity contribution in [3.8, 4) is 0 Å². The number of imide groups is 2. The largest absolute Gasteiger partial charge is 0.337 e. The van der Waals surface area contributed by atoms with Crippen molar-refractivity contribution in [1.29, 1.82) is 0 Å². The standard InChI is InChI=1S/C12H16N4O3/c1-12(2)9(17)14-11(19)16(10(12)18)6-3-5-15-7-4-13-8-15/h4,7-8H,3,5-6H2,1-2H3,(H,14,17,19). The van der Waals surface area contributed by atoms with Crippen molar-refractivity contribution in [1.82, 2.24) is 19.8 Å². The predicted molar refractivity (Wildman–Crippen MR) is 65.9 cm³/mol. The number of nitrogens with one attached hydrogen (secondary N) is 1. The number of aromatic nitrogens is 2. The first-order valence-electron chi connectivity index (χ1n) is 6.06. The predicted octanol–water partition coefficient (Wildman–Crippen LogP) is 0.378. The second-order valence-electron chi connectivity index (χ2n) is 5.00. The van der Waals surface area contributed by atoms with Crippen molar-refractivity contribution in [2.24, 2.45) is 5.41 Å². The summed E-state index contributed by atoms with van der Waals surface area (Å²) < 4.78 is 1.86. The molecule has 102 valence electrons. The second kappa shape index (κ2) is 4.83. The van der Waals surface area contributed by atoms with Gasteiger partial charge in [-0.1, -0.05) is 0 Å². The van der Waals surface area contributed by atoms with E-state index in [2.05, 4.69) is 10.3 Å². The number of rotatable bonds is 4. The van der Waals surface area contributed by atoms with Gasteiger partial charge in [-0.25, -0.2) is 9.78 Å². The number of hydrogen-bond acceptors (Lipinski definition) is 4. The van der Waals surface area contributed by atoms with Gasteiger partial charge in [-0.2, -0.15) is 0 Å². The first-order chi connectivity index (χ1) is 8.93. The number of amides is 4. The van der Waals surface area contributed by atoms with Gasteiger partial charge in [-0.3, -0.25) is 19.8 Å². The number of imidazole rings is 1. The van der Waals surface area contributed by atoms with Crippen molar-refractivity contribution < 1.29 is 14.4 Å². The summed E-state index contributed by atoms with van der Waals surface area (Å²) >= 11 is 0. The number of hydrogen-bond donors (Lipinski definition) is 1. The van der Waals surface area contributed by atoms with E-state index in [-0.39, 0.29) is 6.54 Å². The Morgan fingerprint density at radius 3 is 2.63 bits per heavy atom. The Morgan fingerprint density at radius 1 is 1.26 bits per heavy atom. The minimum absolute atomic E-state index is 0.277. The molecule has 1 saturated heterocycles. The van der Waals surface area contributed by atoms with Gasteiger partial charge < -0.3 is 4.57 Å². The van der Waals surface area contributed by atoms with Crippen LogP contribution in [-0.4, -0.2) is 38.8 Å². The fourth-order valence-electron chi connectivity index (χ4n) is 1.88. The Bertz CT molecular complexity index is 507. The fourth-order valence-corrected chi connectivity index (χ4v) is 1.88. The van der Waals surface area contributed by atoms with Crippen molar-refractivity contribution >= 4 is 17.8 Å². The lowest BCUT2D eigenvalue weighted by Gasteiger charge is -2.34. The highest BCUT2D eigenvalue weighted by atomic mass is 16.2. The molecular formula is C12H16N4O3. The highest BCUT2D eigenvalue weighted by molar-refractivity contribution is 6.18. The van der Waals surface area contributed by atoms with Crippen molar-refractivity contribution in [3.05, 3.63) is 18.7 Å². The zero-order valence-corrected chi connectivity index (χ0v) is 10.9. The van der Waals surface area contributed by atoms with Crippen LogP contribution in [-0.2, 0) is 16.1 Å². The minimum atomic E-state index is -1.19. The zero-order valence-electron chi connectivity index (χ0n) is 10.9. The summed E-state index contributed by atoms with van der Waals surface area (Å²) in [5, 5.41) is 2.20. The molecule has 19 heavy (non-hydrogen) atoms. The topological polar surface area (TPSA) is 84.3 Å². The van der Waals surface area contributed by atoms with Gasteiger partial charge in [0.2, 0.25) is 11.8 Å². The number of nitrogens with zero attached hydrogens (tertiary/aromatic N) is 3. The lowest BCUT2D eigenvalue weighted by Crippen LogP contribution is -2.62. The van der Waals surface area contributed by atoms with Crippen LogP contribution >= 0.6 is 0 Å². The molecule has 0 aliphatic carbocycles. The van der Waals surface area contributed by atoms with Crippen molar-refractivity contribution in [2.75, 3.05) is 6.54 Å². The maximum atomic E-state index is 12.1. The van der Waals surface area contributed by atoms with Gasteiger partial charge in [0.1, 0.15) is 5.41 Å². The Kier molecular flexibility index (Phi) is 3.37. The molecule has 0 saturated carbocycles. The molecule has 0 spiro atoms. The number of carbonyl (C=O) groups is 3. The molecule has 0 bridgehead atoms. The molecule has 1 fully saturated rings. The van der Waals surface area contributed by atoms with Crippen LogP contribution in [0.4, 0.5) is 4.79 Å². The average molecular weight is 264 g/mol. The van der Waals surface area contributed by atoms with E-state index in [0.29, 0.717) is 13.0 Å². The van der Waals surface area contributed by atoms with Crippen LogP contribution < -0.4 is 5.32 Å². The van der Waals surface area contributed by atoms with E-state index in [4.69, 9.17) is 0 Å². The van der Waals surface area contributed by atoms with Gasteiger partial charge >= 0.3 is 6.03 Å². The zero-order chi connectivity index (χ0) is 14.0. The van der Waals surface area contributed by atoms with Crippen molar-refractivity contribution in [3.63, 3.8) is 0 Å². The summed E-state index contributed by atoms with van der Waals surface area (Å²) in [5.41, 5.74) is -1.19. The molecular weight excluding hydrogens is 248 g/mol. The molecule has 2 rings (SSSR count). The number of urea groups is 1. The van der Waals surface area contributed by atoms with E-state index in [1.54, 1.807) is 12.5 Å². The molecule has 4 amide bonds. The average Bonchev–Trinajstić information content (AvgIpc) is 2.85. The quantitative estimate of drug-likeness (QED) is 0.797. The first-order valence-corrected chi connectivity index (χ1v) is 6.06. The van der Waals surface area contributed by atoms with Gasteiger partial charge in [0, 0.05) is 25.5 Å².